The van der Waals surface area contributed by atoms with Gasteiger partial charge in [-0.25, -0.2) is 4.98 Å². The topological polar surface area (TPSA) is 70.7 Å². The third kappa shape index (κ3) is 3.60. The first-order valence-corrected chi connectivity index (χ1v) is 6.58. The summed E-state index contributed by atoms with van der Waals surface area (Å²) in [6, 6.07) is 8.79. The molecule has 5 nitrogen and oxygen atoms in total. The molecule has 0 saturated carbocycles. The minimum atomic E-state index is -0.0993. The Morgan fingerprint density at radius 3 is 2.79 bits per heavy atom. The molecule has 0 spiro atoms. The van der Waals surface area contributed by atoms with E-state index in [9.17, 15) is 4.79 Å². The largest absolute Gasteiger partial charge is 0.329 e. The first-order chi connectivity index (χ1) is 9.19. The molecule has 0 aliphatic rings. The summed E-state index contributed by atoms with van der Waals surface area (Å²) in [6.45, 7) is 0. The van der Waals surface area contributed by atoms with Gasteiger partial charge in [-0.3, -0.25) is 4.79 Å². The predicted molar refractivity (Wildman–Crippen MR) is 73.7 cm³/mol. The van der Waals surface area contributed by atoms with Gasteiger partial charge in [0.05, 0.1) is 17.4 Å². The van der Waals surface area contributed by atoms with Crippen LogP contribution in [-0.2, 0) is 11.8 Å². The lowest BCUT2D eigenvalue weighted by Crippen LogP contribution is -2.14. The number of aryl methyl sites for hydroxylation is 1. The average Bonchev–Trinajstić information content (AvgIpc) is 2.83. The Kier molecular flexibility index (Phi) is 4.21. The van der Waals surface area contributed by atoms with E-state index in [0.717, 1.165) is 5.16 Å². The number of nitrogens with one attached hydrogen (secondary N) is 1. The van der Waals surface area contributed by atoms with E-state index >= 15 is 0 Å². The van der Waals surface area contributed by atoms with E-state index in [1.165, 1.54) is 11.8 Å². The highest BCUT2D eigenvalue weighted by molar-refractivity contribution is 7.99. The van der Waals surface area contributed by atoms with Crippen LogP contribution < -0.4 is 5.32 Å². The van der Waals surface area contributed by atoms with Crippen molar-refractivity contribution in [3.05, 3.63) is 42.2 Å². The number of amides is 1. The summed E-state index contributed by atoms with van der Waals surface area (Å²) >= 11 is 1.38. The van der Waals surface area contributed by atoms with Crippen LogP contribution >= 0.6 is 11.8 Å². The molecule has 96 valence electrons. The number of carbonyl (C=O) groups excluding carboxylic acids is 1. The molecule has 6 heteroatoms. The van der Waals surface area contributed by atoms with Crippen LogP contribution in [0.2, 0.25) is 0 Å². The Morgan fingerprint density at radius 2 is 2.21 bits per heavy atom. The Bertz CT molecular complexity index is 612. The summed E-state index contributed by atoms with van der Waals surface area (Å²) in [4.78, 5) is 15.9. The van der Waals surface area contributed by atoms with Gasteiger partial charge in [0.15, 0.2) is 5.16 Å². The number of imidazole rings is 1. The minimum Gasteiger partial charge on any atom is -0.329 e. The smallest absolute Gasteiger partial charge is 0.234 e. The molecule has 19 heavy (non-hydrogen) atoms. The van der Waals surface area contributed by atoms with Crippen LogP contribution in [-0.4, -0.2) is 21.2 Å². The van der Waals surface area contributed by atoms with Crippen molar-refractivity contribution in [3.63, 3.8) is 0 Å². The van der Waals surface area contributed by atoms with Crippen LogP contribution in [0, 0.1) is 11.3 Å². The van der Waals surface area contributed by atoms with Gasteiger partial charge in [-0.05, 0) is 24.3 Å². The van der Waals surface area contributed by atoms with Crippen molar-refractivity contribution in [1.29, 1.82) is 5.26 Å². The molecule has 1 aromatic heterocycles. The quantitative estimate of drug-likeness (QED) is 0.864. The number of anilines is 1. The van der Waals surface area contributed by atoms with Crippen LogP contribution in [0.15, 0.2) is 41.8 Å². The number of benzene rings is 1. The summed E-state index contributed by atoms with van der Waals surface area (Å²) < 4.78 is 1.86. The molecule has 1 aromatic carbocycles. The molecule has 0 radical (unpaired) electrons. The minimum absolute atomic E-state index is 0.0993. The predicted octanol–water partition coefficient (Wildman–Crippen LogP) is 2.02. The van der Waals surface area contributed by atoms with E-state index < -0.39 is 0 Å². The molecule has 0 aliphatic heterocycles. The fraction of sp³-hybridized carbons (Fsp3) is 0.154. The highest BCUT2D eigenvalue weighted by atomic mass is 32.2. The third-order valence-corrected chi connectivity index (χ3v) is 3.47. The second-order valence-electron chi connectivity index (χ2n) is 3.85. The molecule has 0 bridgehead atoms. The van der Waals surface area contributed by atoms with Crippen LogP contribution in [0.5, 0.6) is 0 Å². The number of hydrogen-bond donors (Lipinski definition) is 1. The van der Waals surface area contributed by atoms with Gasteiger partial charge >= 0.3 is 0 Å². The number of nitriles is 1. The SMILES string of the molecule is Cn1ccnc1SCC(=O)Nc1ccc(C#N)cc1. The Balaban J connectivity index is 1.87. The molecule has 0 fully saturated rings. The molecule has 1 amide bonds. The first kappa shape index (κ1) is 13.2. The molecular weight excluding hydrogens is 260 g/mol. The molecule has 0 atom stereocenters. The molecule has 0 saturated heterocycles. The maximum absolute atomic E-state index is 11.7. The van der Waals surface area contributed by atoms with Gasteiger partial charge in [-0.2, -0.15) is 5.26 Å². The van der Waals surface area contributed by atoms with Gasteiger partial charge in [-0.15, -0.1) is 0 Å². The molecule has 0 aliphatic carbocycles. The normalized spacial score (nSPS) is 9.89. The lowest BCUT2D eigenvalue weighted by molar-refractivity contribution is -0.113. The van der Waals surface area contributed by atoms with E-state index in [2.05, 4.69) is 10.3 Å². The van der Waals surface area contributed by atoms with E-state index in [-0.39, 0.29) is 5.91 Å². The Morgan fingerprint density at radius 1 is 1.47 bits per heavy atom. The standard InChI is InChI=1S/C13H12N4OS/c1-17-7-6-15-13(17)19-9-12(18)16-11-4-2-10(8-14)3-5-11/h2-7H,9H2,1H3,(H,16,18). The molecular formula is C13H12N4OS. The van der Waals surface area contributed by atoms with Crippen molar-refractivity contribution in [2.24, 2.45) is 7.05 Å². The van der Waals surface area contributed by atoms with Crippen LogP contribution in [0.4, 0.5) is 5.69 Å². The van der Waals surface area contributed by atoms with Crippen LogP contribution in [0.25, 0.3) is 0 Å². The first-order valence-electron chi connectivity index (χ1n) is 5.59. The van der Waals surface area contributed by atoms with Crippen molar-refractivity contribution in [3.8, 4) is 6.07 Å². The average molecular weight is 272 g/mol. The lowest BCUT2D eigenvalue weighted by atomic mass is 10.2. The zero-order valence-corrected chi connectivity index (χ0v) is 11.1. The van der Waals surface area contributed by atoms with Crippen molar-refractivity contribution >= 4 is 23.4 Å². The van der Waals surface area contributed by atoms with Crippen molar-refractivity contribution < 1.29 is 4.79 Å². The fourth-order valence-electron chi connectivity index (χ4n) is 1.45. The third-order valence-electron chi connectivity index (χ3n) is 2.41. The molecule has 0 unspecified atom stereocenters. The van der Waals surface area contributed by atoms with Crippen LogP contribution in [0.3, 0.4) is 0 Å². The van der Waals surface area contributed by atoms with Crippen molar-refractivity contribution in [2.75, 3.05) is 11.1 Å². The van der Waals surface area contributed by atoms with Gasteiger partial charge < -0.3 is 9.88 Å². The summed E-state index contributed by atoms with van der Waals surface area (Å²) in [6.07, 6.45) is 3.53. The van der Waals surface area contributed by atoms with Gasteiger partial charge in [0.25, 0.3) is 0 Å². The summed E-state index contributed by atoms with van der Waals surface area (Å²) in [5.74, 6) is 0.197. The van der Waals surface area contributed by atoms with Gasteiger partial charge in [0.2, 0.25) is 5.91 Å². The lowest BCUT2D eigenvalue weighted by Gasteiger charge is -2.05. The number of thioether (sulfide) groups is 1. The van der Waals surface area contributed by atoms with E-state index in [4.69, 9.17) is 5.26 Å². The van der Waals surface area contributed by atoms with E-state index in [1.54, 1.807) is 30.5 Å². The maximum Gasteiger partial charge on any atom is 0.234 e. The zero-order valence-electron chi connectivity index (χ0n) is 10.3. The van der Waals surface area contributed by atoms with E-state index in [0.29, 0.717) is 17.0 Å². The van der Waals surface area contributed by atoms with Gasteiger partial charge in [0, 0.05) is 25.1 Å². The number of aromatic nitrogens is 2. The number of nitrogens with zero attached hydrogens (tertiary/aromatic N) is 3. The second kappa shape index (κ2) is 6.07. The van der Waals surface area contributed by atoms with Crippen molar-refractivity contribution in [2.45, 2.75) is 5.16 Å². The summed E-state index contributed by atoms with van der Waals surface area (Å²) in [7, 11) is 1.88. The maximum atomic E-state index is 11.7. The summed E-state index contributed by atoms with van der Waals surface area (Å²) in [5, 5.41) is 12.2. The number of carbonyl (C=O) groups is 1. The second-order valence-corrected chi connectivity index (χ2v) is 4.79. The van der Waals surface area contributed by atoms with Crippen LogP contribution in [0.1, 0.15) is 5.56 Å². The zero-order chi connectivity index (χ0) is 13.7. The summed E-state index contributed by atoms with van der Waals surface area (Å²) in [5.41, 5.74) is 1.25. The molecule has 1 N–H and O–H groups in total. The molecule has 2 rings (SSSR count). The molecule has 1 heterocycles. The fourth-order valence-corrected chi connectivity index (χ4v) is 2.18. The monoisotopic (exact) mass is 272 g/mol. The van der Waals surface area contributed by atoms with Crippen molar-refractivity contribution in [1.82, 2.24) is 9.55 Å². The number of rotatable bonds is 4. The van der Waals surface area contributed by atoms with Gasteiger partial charge in [-0.1, -0.05) is 11.8 Å². The highest BCUT2D eigenvalue weighted by Gasteiger charge is 2.06. The number of hydrogen-bond acceptors (Lipinski definition) is 4. The highest BCUT2D eigenvalue weighted by Crippen LogP contribution is 2.15. The molecule has 2 aromatic rings. The Hall–Kier alpha value is -2.26. The van der Waals surface area contributed by atoms with E-state index in [1.807, 2.05) is 23.9 Å². The Labute approximate surface area is 115 Å². The van der Waals surface area contributed by atoms with Gasteiger partial charge in [0.1, 0.15) is 0 Å².